The lowest BCUT2D eigenvalue weighted by Crippen LogP contribution is -2.61. The number of hydrogen-bond donors (Lipinski definition) is 1. The molecule has 4 atom stereocenters. The van der Waals surface area contributed by atoms with Gasteiger partial charge < -0.3 is 23.9 Å². The molecule has 190 valence electrons. The van der Waals surface area contributed by atoms with Gasteiger partial charge in [-0.15, -0.1) is 0 Å². The molecule has 6 heteroatoms. The Balaban J connectivity index is 1.58. The highest BCUT2D eigenvalue weighted by molar-refractivity contribution is 5.87. The molecule has 1 N–H and O–H groups in total. The Morgan fingerprint density at radius 3 is 2.25 bits per heavy atom. The SMILES string of the molecule is COc1cc([C@H]2[C@H]3c4c(c5ccccc5[nH]c4=O)OC(C)(C)[C@H]3[C@@H]2C2CCCC2)cc(OC)c1OC. The third kappa shape index (κ3) is 3.26. The van der Waals surface area contributed by atoms with Crippen LogP contribution in [0.2, 0.25) is 0 Å². The van der Waals surface area contributed by atoms with Crippen LogP contribution in [-0.2, 0) is 0 Å². The summed E-state index contributed by atoms with van der Waals surface area (Å²) in [4.78, 5) is 16.8. The normalized spacial score (nSPS) is 26.5. The maximum absolute atomic E-state index is 13.6. The molecule has 2 fully saturated rings. The van der Waals surface area contributed by atoms with E-state index in [0.717, 1.165) is 27.8 Å². The quantitative estimate of drug-likeness (QED) is 0.474. The molecule has 2 aliphatic carbocycles. The number of pyridine rings is 1. The van der Waals surface area contributed by atoms with Crippen molar-refractivity contribution < 1.29 is 18.9 Å². The van der Waals surface area contributed by atoms with E-state index in [4.69, 9.17) is 18.9 Å². The van der Waals surface area contributed by atoms with Crippen molar-refractivity contribution in [1.29, 1.82) is 0 Å². The fraction of sp³-hybridized carbons (Fsp3) is 0.500. The topological polar surface area (TPSA) is 69.8 Å². The summed E-state index contributed by atoms with van der Waals surface area (Å²) in [5, 5.41) is 0.964. The zero-order chi connectivity index (χ0) is 25.2. The van der Waals surface area contributed by atoms with Crippen molar-refractivity contribution in [3.05, 3.63) is 57.9 Å². The smallest absolute Gasteiger partial charge is 0.255 e. The first-order chi connectivity index (χ1) is 17.4. The first-order valence-electron chi connectivity index (χ1n) is 13.0. The van der Waals surface area contributed by atoms with Gasteiger partial charge in [0.2, 0.25) is 5.75 Å². The largest absolute Gasteiger partial charge is 0.493 e. The summed E-state index contributed by atoms with van der Waals surface area (Å²) in [6, 6.07) is 12.1. The third-order valence-electron chi connectivity index (χ3n) is 9.03. The van der Waals surface area contributed by atoms with Crippen molar-refractivity contribution >= 4 is 10.9 Å². The monoisotopic (exact) mass is 489 g/mol. The predicted molar refractivity (Wildman–Crippen MR) is 140 cm³/mol. The standard InChI is InChI=1S/C30H35NO5/c1-30(2)26-23(16-10-6-7-11-16)22(17-14-20(33-3)28(35-5)21(15-17)34-4)24(26)25-27(36-30)18-12-8-9-13-19(18)31-29(25)32/h8-9,12-16,22-24,26H,6-7,10-11H2,1-5H3,(H,31,32)/t22-,23-,24+,26+/m1/s1. The van der Waals surface area contributed by atoms with Gasteiger partial charge in [-0.25, -0.2) is 0 Å². The first-order valence-corrected chi connectivity index (χ1v) is 13.0. The van der Waals surface area contributed by atoms with Gasteiger partial charge >= 0.3 is 0 Å². The maximum Gasteiger partial charge on any atom is 0.255 e. The Hall–Kier alpha value is -3.15. The second-order valence-corrected chi connectivity index (χ2v) is 11.1. The van der Waals surface area contributed by atoms with Crippen molar-refractivity contribution in [2.45, 2.75) is 57.0 Å². The highest BCUT2D eigenvalue weighted by Gasteiger charge is 2.64. The van der Waals surface area contributed by atoms with Crippen LogP contribution in [0.25, 0.3) is 10.9 Å². The molecular formula is C30H35NO5. The summed E-state index contributed by atoms with van der Waals surface area (Å²) in [5.41, 5.74) is 2.30. The minimum atomic E-state index is -0.390. The second-order valence-electron chi connectivity index (χ2n) is 11.1. The van der Waals surface area contributed by atoms with Crippen LogP contribution in [-0.4, -0.2) is 31.9 Å². The Morgan fingerprint density at radius 1 is 0.944 bits per heavy atom. The van der Waals surface area contributed by atoms with Gasteiger partial charge in [0.15, 0.2) is 11.5 Å². The number of aromatic nitrogens is 1. The zero-order valence-electron chi connectivity index (χ0n) is 21.7. The highest BCUT2D eigenvalue weighted by atomic mass is 16.5. The van der Waals surface area contributed by atoms with E-state index in [0.29, 0.717) is 29.1 Å². The van der Waals surface area contributed by atoms with E-state index < -0.39 is 5.60 Å². The number of benzene rings is 2. The molecule has 2 heterocycles. The summed E-state index contributed by atoms with van der Waals surface area (Å²) in [6.45, 7) is 4.41. The molecule has 0 saturated heterocycles. The van der Waals surface area contributed by atoms with Gasteiger partial charge in [0, 0.05) is 17.2 Å². The number of nitrogens with one attached hydrogen (secondary N) is 1. The molecule has 2 saturated carbocycles. The molecule has 36 heavy (non-hydrogen) atoms. The molecule has 0 spiro atoms. The molecule has 0 radical (unpaired) electrons. The molecule has 0 bridgehead atoms. The number of ether oxygens (including phenoxy) is 4. The second kappa shape index (κ2) is 8.46. The molecular weight excluding hydrogens is 454 g/mol. The number of methoxy groups -OCH3 is 3. The molecule has 3 aliphatic rings. The van der Waals surface area contributed by atoms with Gasteiger partial charge in [-0.1, -0.05) is 37.8 Å². The average molecular weight is 490 g/mol. The van der Waals surface area contributed by atoms with Gasteiger partial charge in [0.05, 0.1) is 32.4 Å². The van der Waals surface area contributed by atoms with Crippen molar-refractivity contribution in [2.75, 3.05) is 21.3 Å². The minimum Gasteiger partial charge on any atom is -0.493 e. The van der Waals surface area contributed by atoms with E-state index >= 15 is 0 Å². The number of fused-ring (bicyclic) bond motifs is 5. The van der Waals surface area contributed by atoms with Crippen molar-refractivity contribution in [2.24, 2.45) is 17.8 Å². The number of H-pyrrole nitrogens is 1. The van der Waals surface area contributed by atoms with Crippen molar-refractivity contribution in [1.82, 2.24) is 4.98 Å². The van der Waals surface area contributed by atoms with Gasteiger partial charge in [0.25, 0.3) is 5.56 Å². The fourth-order valence-electron chi connectivity index (χ4n) is 7.66. The number of para-hydroxylation sites is 1. The van der Waals surface area contributed by atoms with Crippen LogP contribution in [0.15, 0.2) is 41.2 Å². The first kappa shape index (κ1) is 23.3. The molecule has 2 aromatic carbocycles. The Morgan fingerprint density at radius 2 is 1.61 bits per heavy atom. The molecule has 0 unspecified atom stereocenters. The van der Waals surface area contributed by atoms with Crippen LogP contribution in [0.3, 0.4) is 0 Å². The molecule has 3 aromatic rings. The summed E-state index contributed by atoms with van der Waals surface area (Å²) in [7, 11) is 4.94. The fourth-order valence-corrected chi connectivity index (χ4v) is 7.66. The lowest BCUT2D eigenvalue weighted by atomic mass is 9.44. The van der Waals surface area contributed by atoms with E-state index in [1.807, 2.05) is 24.3 Å². The summed E-state index contributed by atoms with van der Waals surface area (Å²) in [5.74, 6) is 4.12. The van der Waals surface area contributed by atoms with Crippen molar-refractivity contribution in [3.8, 4) is 23.0 Å². The summed E-state index contributed by atoms with van der Waals surface area (Å²) >= 11 is 0. The lowest BCUT2D eigenvalue weighted by molar-refractivity contribution is -0.108. The van der Waals surface area contributed by atoms with Gasteiger partial charge in [-0.05, 0) is 61.4 Å². The third-order valence-corrected chi connectivity index (χ3v) is 9.03. The molecule has 6 nitrogen and oxygen atoms in total. The van der Waals surface area contributed by atoms with Crippen LogP contribution in [0.4, 0.5) is 0 Å². The highest BCUT2D eigenvalue weighted by Crippen LogP contribution is 2.69. The molecule has 1 aliphatic heterocycles. The average Bonchev–Trinajstić information content (AvgIpc) is 3.37. The number of aromatic amines is 1. The summed E-state index contributed by atoms with van der Waals surface area (Å²) < 4.78 is 23.8. The maximum atomic E-state index is 13.6. The predicted octanol–water partition coefficient (Wildman–Crippen LogP) is 6.03. The van der Waals surface area contributed by atoms with Gasteiger partial charge in [-0.3, -0.25) is 4.79 Å². The minimum absolute atomic E-state index is 0.0449. The van der Waals surface area contributed by atoms with Crippen LogP contribution >= 0.6 is 0 Å². The van der Waals surface area contributed by atoms with E-state index in [9.17, 15) is 4.79 Å². The van der Waals surface area contributed by atoms with E-state index in [-0.39, 0.29) is 23.3 Å². The van der Waals surface area contributed by atoms with E-state index in [2.05, 4.69) is 31.0 Å². The van der Waals surface area contributed by atoms with E-state index in [1.54, 1.807) is 21.3 Å². The zero-order valence-corrected chi connectivity index (χ0v) is 21.7. The van der Waals surface area contributed by atoms with Gasteiger partial charge in [-0.2, -0.15) is 0 Å². The van der Waals surface area contributed by atoms with Crippen LogP contribution in [0.5, 0.6) is 23.0 Å². The Labute approximate surface area is 211 Å². The Bertz CT molecular complexity index is 1340. The summed E-state index contributed by atoms with van der Waals surface area (Å²) in [6.07, 6.45) is 4.99. The van der Waals surface area contributed by atoms with Crippen LogP contribution < -0.4 is 24.5 Å². The van der Waals surface area contributed by atoms with Crippen LogP contribution in [0, 0.1) is 17.8 Å². The van der Waals surface area contributed by atoms with Crippen LogP contribution in [0.1, 0.15) is 62.5 Å². The molecule has 0 amide bonds. The lowest BCUT2D eigenvalue weighted by Gasteiger charge is -2.62. The molecule has 6 rings (SSSR count). The Kier molecular flexibility index (Phi) is 5.47. The van der Waals surface area contributed by atoms with Gasteiger partial charge in [0.1, 0.15) is 11.4 Å². The number of rotatable bonds is 5. The van der Waals surface area contributed by atoms with E-state index in [1.165, 1.54) is 25.7 Å². The molecule has 1 aromatic heterocycles. The number of hydrogen-bond acceptors (Lipinski definition) is 5. The van der Waals surface area contributed by atoms with Crippen molar-refractivity contribution in [3.63, 3.8) is 0 Å².